The average Bonchev–Trinajstić information content (AvgIpc) is 3.28. The van der Waals surface area contributed by atoms with E-state index in [9.17, 15) is 4.79 Å². The molecule has 0 aliphatic rings. The van der Waals surface area contributed by atoms with Crippen LogP contribution in [0.15, 0.2) is 97.1 Å². The Kier molecular flexibility index (Phi) is 6.78. The zero-order valence-electron chi connectivity index (χ0n) is 18.6. The molecule has 0 unspecified atom stereocenters. The second-order valence-electron chi connectivity index (χ2n) is 8.20. The first-order chi connectivity index (χ1) is 15.6. The van der Waals surface area contributed by atoms with Gasteiger partial charge in [-0.15, -0.1) is 0 Å². The van der Waals surface area contributed by atoms with Crippen molar-refractivity contribution in [2.24, 2.45) is 0 Å². The number of carbonyl (C=O) groups is 1. The van der Waals surface area contributed by atoms with E-state index in [1.165, 1.54) is 4.90 Å². The number of amides is 1. The third-order valence-corrected chi connectivity index (χ3v) is 5.38. The van der Waals surface area contributed by atoms with E-state index < -0.39 is 0 Å². The lowest BCUT2D eigenvalue weighted by Gasteiger charge is -2.23. The molecule has 32 heavy (non-hydrogen) atoms. The number of para-hydroxylation sites is 1. The summed E-state index contributed by atoms with van der Waals surface area (Å²) in [6, 6.07) is 31.9. The molecule has 1 amide bonds. The minimum Gasteiger partial charge on any atom is -0.338 e. The predicted octanol–water partition coefficient (Wildman–Crippen LogP) is 3.33. The van der Waals surface area contributed by atoms with Crippen molar-refractivity contribution >= 4 is 5.91 Å². The van der Waals surface area contributed by atoms with Crippen LogP contribution in [0.25, 0.3) is 16.9 Å². The SMILES string of the molecule is C[NH+](C)CCN(Cc1ccccc1)C(=O)c1cc(-c2ccccc2)nn1-c1ccccc1. The molecule has 0 spiro atoms. The van der Waals surface area contributed by atoms with E-state index in [1.807, 2.05) is 89.8 Å². The quantitative estimate of drug-likeness (QED) is 0.471. The van der Waals surface area contributed by atoms with Crippen molar-refractivity contribution in [1.82, 2.24) is 14.7 Å². The molecule has 0 saturated heterocycles. The van der Waals surface area contributed by atoms with E-state index in [0.29, 0.717) is 18.8 Å². The van der Waals surface area contributed by atoms with Gasteiger partial charge in [0.25, 0.3) is 5.91 Å². The number of hydrogen-bond acceptors (Lipinski definition) is 2. The number of rotatable bonds is 8. The Hall–Kier alpha value is -3.70. The maximum atomic E-state index is 13.9. The number of nitrogens with one attached hydrogen (secondary N) is 1. The van der Waals surface area contributed by atoms with Gasteiger partial charge < -0.3 is 9.80 Å². The lowest BCUT2D eigenvalue weighted by molar-refractivity contribution is -0.857. The zero-order valence-corrected chi connectivity index (χ0v) is 18.6. The molecule has 0 aliphatic carbocycles. The number of aromatic nitrogens is 2. The van der Waals surface area contributed by atoms with Gasteiger partial charge in [0.15, 0.2) is 0 Å². The highest BCUT2D eigenvalue weighted by molar-refractivity contribution is 5.94. The molecule has 0 bridgehead atoms. The van der Waals surface area contributed by atoms with Crippen molar-refractivity contribution < 1.29 is 9.69 Å². The second-order valence-corrected chi connectivity index (χ2v) is 8.20. The van der Waals surface area contributed by atoms with E-state index in [0.717, 1.165) is 29.1 Å². The van der Waals surface area contributed by atoms with Gasteiger partial charge >= 0.3 is 0 Å². The molecule has 3 aromatic carbocycles. The maximum absolute atomic E-state index is 13.9. The Bertz CT molecular complexity index is 1140. The molecule has 1 N–H and O–H groups in total. The van der Waals surface area contributed by atoms with Gasteiger partial charge in [-0.2, -0.15) is 5.10 Å². The molecular formula is C27H29N4O+. The molecule has 0 fully saturated rings. The van der Waals surface area contributed by atoms with Crippen molar-refractivity contribution in [2.75, 3.05) is 27.2 Å². The molecule has 4 rings (SSSR count). The van der Waals surface area contributed by atoms with Crippen LogP contribution in [0.2, 0.25) is 0 Å². The Labute approximate surface area is 189 Å². The second kappa shape index (κ2) is 10.1. The van der Waals surface area contributed by atoms with Crippen molar-refractivity contribution in [3.63, 3.8) is 0 Å². The highest BCUT2D eigenvalue weighted by atomic mass is 16.2. The fourth-order valence-corrected chi connectivity index (χ4v) is 3.63. The van der Waals surface area contributed by atoms with Gasteiger partial charge in [-0.25, -0.2) is 4.68 Å². The Morgan fingerprint density at radius 2 is 1.47 bits per heavy atom. The van der Waals surface area contributed by atoms with Crippen LogP contribution in [0.4, 0.5) is 0 Å². The monoisotopic (exact) mass is 425 g/mol. The van der Waals surface area contributed by atoms with Gasteiger partial charge in [0.05, 0.1) is 38.6 Å². The van der Waals surface area contributed by atoms with Crippen molar-refractivity contribution in [3.8, 4) is 16.9 Å². The van der Waals surface area contributed by atoms with Crippen LogP contribution in [-0.2, 0) is 6.54 Å². The van der Waals surface area contributed by atoms with Crippen molar-refractivity contribution in [1.29, 1.82) is 0 Å². The summed E-state index contributed by atoms with van der Waals surface area (Å²) >= 11 is 0. The van der Waals surface area contributed by atoms with Crippen LogP contribution in [0.1, 0.15) is 16.1 Å². The van der Waals surface area contributed by atoms with E-state index in [-0.39, 0.29) is 5.91 Å². The Morgan fingerprint density at radius 1 is 0.875 bits per heavy atom. The third kappa shape index (κ3) is 5.13. The van der Waals surface area contributed by atoms with Crippen LogP contribution in [0.5, 0.6) is 0 Å². The number of quaternary nitrogens is 1. The molecule has 1 aromatic heterocycles. The van der Waals surface area contributed by atoms with Crippen molar-refractivity contribution in [3.05, 3.63) is 108 Å². The van der Waals surface area contributed by atoms with E-state index >= 15 is 0 Å². The fraction of sp³-hybridized carbons (Fsp3) is 0.185. The predicted molar refractivity (Wildman–Crippen MR) is 128 cm³/mol. The minimum atomic E-state index is -0.0198. The molecule has 1 heterocycles. The smallest absolute Gasteiger partial charge is 0.273 e. The first-order valence-corrected chi connectivity index (χ1v) is 10.9. The van der Waals surface area contributed by atoms with Crippen molar-refractivity contribution in [2.45, 2.75) is 6.54 Å². The van der Waals surface area contributed by atoms with Gasteiger partial charge in [-0.3, -0.25) is 4.79 Å². The first kappa shape index (κ1) is 21.5. The van der Waals surface area contributed by atoms with Crippen LogP contribution in [0, 0.1) is 0 Å². The summed E-state index contributed by atoms with van der Waals surface area (Å²) in [6.45, 7) is 2.09. The summed E-state index contributed by atoms with van der Waals surface area (Å²) in [4.78, 5) is 17.1. The Morgan fingerprint density at radius 3 is 2.09 bits per heavy atom. The van der Waals surface area contributed by atoms with Crippen LogP contribution < -0.4 is 4.90 Å². The molecule has 0 saturated carbocycles. The molecular weight excluding hydrogens is 396 g/mol. The van der Waals surface area contributed by atoms with Gasteiger partial charge in [0.1, 0.15) is 5.69 Å². The average molecular weight is 426 g/mol. The van der Waals surface area contributed by atoms with Gasteiger partial charge in [-0.1, -0.05) is 78.9 Å². The standard InChI is InChI=1S/C27H28N4O/c1-29(2)18-19-30(21-22-12-6-3-7-13-22)27(32)26-20-25(23-14-8-4-9-15-23)28-31(26)24-16-10-5-11-17-24/h3-17,20H,18-19,21H2,1-2H3/p+1. The highest BCUT2D eigenvalue weighted by Crippen LogP contribution is 2.23. The normalized spacial score (nSPS) is 11.0. The number of hydrogen-bond donors (Lipinski definition) is 1. The lowest BCUT2D eigenvalue weighted by Crippen LogP contribution is -3.06. The summed E-state index contributed by atoms with van der Waals surface area (Å²) in [6.07, 6.45) is 0. The molecule has 0 aliphatic heterocycles. The molecule has 0 radical (unpaired) electrons. The van der Waals surface area contributed by atoms with Gasteiger partial charge in [-0.05, 0) is 23.8 Å². The molecule has 5 heteroatoms. The molecule has 5 nitrogen and oxygen atoms in total. The van der Waals surface area contributed by atoms with Crippen LogP contribution in [0.3, 0.4) is 0 Å². The third-order valence-electron chi connectivity index (χ3n) is 5.38. The van der Waals surface area contributed by atoms with Crippen LogP contribution >= 0.6 is 0 Å². The maximum Gasteiger partial charge on any atom is 0.273 e. The topological polar surface area (TPSA) is 42.6 Å². The molecule has 0 atom stereocenters. The summed E-state index contributed by atoms with van der Waals surface area (Å²) < 4.78 is 1.77. The molecule has 4 aromatic rings. The first-order valence-electron chi connectivity index (χ1n) is 10.9. The number of carbonyl (C=O) groups excluding carboxylic acids is 1. The largest absolute Gasteiger partial charge is 0.338 e. The van der Waals surface area contributed by atoms with Gasteiger partial charge in [0, 0.05) is 12.1 Å². The van der Waals surface area contributed by atoms with Crippen LogP contribution in [-0.4, -0.2) is 47.8 Å². The number of likely N-dealkylation sites (N-methyl/N-ethyl adjacent to an activating group) is 1. The summed E-state index contributed by atoms with van der Waals surface area (Å²) in [5.41, 5.74) is 4.33. The fourth-order valence-electron chi connectivity index (χ4n) is 3.63. The lowest BCUT2D eigenvalue weighted by atomic mass is 10.1. The zero-order chi connectivity index (χ0) is 22.3. The number of nitrogens with zero attached hydrogens (tertiary/aromatic N) is 3. The van der Waals surface area contributed by atoms with E-state index in [1.54, 1.807) is 4.68 Å². The highest BCUT2D eigenvalue weighted by Gasteiger charge is 2.23. The summed E-state index contributed by atoms with van der Waals surface area (Å²) in [7, 11) is 4.21. The summed E-state index contributed by atoms with van der Waals surface area (Å²) in [5, 5.41) is 4.82. The summed E-state index contributed by atoms with van der Waals surface area (Å²) in [5.74, 6) is -0.0198. The number of benzene rings is 3. The Balaban J connectivity index is 1.74. The van der Waals surface area contributed by atoms with E-state index in [4.69, 9.17) is 5.10 Å². The minimum absolute atomic E-state index is 0.0198. The van der Waals surface area contributed by atoms with E-state index in [2.05, 4.69) is 26.2 Å². The molecule has 162 valence electrons. The van der Waals surface area contributed by atoms with Gasteiger partial charge in [0.2, 0.25) is 0 Å².